The molecule has 0 aromatic heterocycles. The molecule has 3 rings (SSSR count). The topological polar surface area (TPSA) is 38.8 Å². The number of benzene rings is 2. The van der Waals surface area contributed by atoms with Gasteiger partial charge in [-0.1, -0.05) is 30.0 Å². The second-order valence-corrected chi connectivity index (χ2v) is 6.91. The van der Waals surface area contributed by atoms with Gasteiger partial charge in [0.2, 0.25) is 0 Å². The number of anilines is 1. The number of carbonyl (C=O) groups is 1. The maximum atomic E-state index is 13.5. The Labute approximate surface area is 158 Å². The second kappa shape index (κ2) is 7.43. The zero-order valence-corrected chi connectivity index (χ0v) is 15.4. The summed E-state index contributed by atoms with van der Waals surface area (Å²) >= 11 is 6.31. The number of nitrogens with zero attached hydrogens (tertiary/aromatic N) is 1. The number of hydrogen-bond donors (Lipinski definition) is 0. The first-order chi connectivity index (χ1) is 12.4. The molecule has 1 fully saturated rings. The van der Waals surface area contributed by atoms with Crippen molar-refractivity contribution in [1.82, 2.24) is 0 Å². The van der Waals surface area contributed by atoms with Gasteiger partial charge in [0.05, 0.1) is 24.8 Å². The highest BCUT2D eigenvalue weighted by molar-refractivity contribution is 8.27. The summed E-state index contributed by atoms with van der Waals surface area (Å²) < 4.78 is 37.3. The first-order valence-corrected chi connectivity index (χ1v) is 8.62. The third kappa shape index (κ3) is 3.42. The first kappa shape index (κ1) is 18.3. The summed E-state index contributed by atoms with van der Waals surface area (Å²) in [5.41, 5.74) is 0.899. The van der Waals surface area contributed by atoms with Gasteiger partial charge in [-0.25, -0.2) is 8.78 Å². The van der Waals surface area contributed by atoms with Gasteiger partial charge in [0.1, 0.15) is 0 Å². The summed E-state index contributed by atoms with van der Waals surface area (Å²) in [6.07, 6.45) is 1.65. The van der Waals surface area contributed by atoms with E-state index in [1.54, 1.807) is 24.3 Å². The molecule has 4 nitrogen and oxygen atoms in total. The molecule has 26 heavy (non-hydrogen) atoms. The van der Waals surface area contributed by atoms with Crippen LogP contribution in [0.2, 0.25) is 0 Å². The highest BCUT2D eigenvalue weighted by Gasteiger charge is 2.33. The normalized spacial score (nSPS) is 15.7. The van der Waals surface area contributed by atoms with Crippen molar-refractivity contribution in [2.24, 2.45) is 0 Å². The van der Waals surface area contributed by atoms with Crippen molar-refractivity contribution in [1.29, 1.82) is 0 Å². The molecule has 1 saturated heterocycles. The summed E-state index contributed by atoms with van der Waals surface area (Å²) in [4.78, 5) is 14.2. The van der Waals surface area contributed by atoms with Crippen molar-refractivity contribution in [3.8, 4) is 11.5 Å². The fourth-order valence-corrected chi connectivity index (χ4v) is 3.71. The van der Waals surface area contributed by atoms with Gasteiger partial charge >= 0.3 is 0 Å². The molecule has 0 aliphatic carbocycles. The smallest absolute Gasteiger partial charge is 0.270 e. The second-order valence-electron chi connectivity index (χ2n) is 5.23. The number of thiocarbonyl (C=S) groups is 1. The van der Waals surface area contributed by atoms with E-state index in [0.29, 0.717) is 22.0 Å². The van der Waals surface area contributed by atoms with Crippen LogP contribution in [0.1, 0.15) is 5.56 Å². The molecule has 0 N–H and O–H groups in total. The van der Waals surface area contributed by atoms with Gasteiger partial charge in [-0.05, 0) is 35.9 Å². The lowest BCUT2D eigenvalue weighted by Gasteiger charge is -2.14. The molecule has 0 spiro atoms. The summed E-state index contributed by atoms with van der Waals surface area (Å²) in [7, 11) is 3.05. The van der Waals surface area contributed by atoms with E-state index in [2.05, 4.69) is 0 Å². The molecule has 0 atom stereocenters. The van der Waals surface area contributed by atoms with Gasteiger partial charge in [-0.2, -0.15) is 0 Å². The predicted molar refractivity (Wildman–Crippen MR) is 102 cm³/mol. The lowest BCUT2D eigenvalue weighted by atomic mass is 10.2. The van der Waals surface area contributed by atoms with E-state index in [1.807, 2.05) is 0 Å². The highest BCUT2D eigenvalue weighted by Crippen LogP contribution is 2.37. The van der Waals surface area contributed by atoms with Crippen molar-refractivity contribution in [3.05, 3.63) is 58.5 Å². The number of ether oxygens (including phenoxy) is 2. The molecule has 0 unspecified atom stereocenters. The minimum absolute atomic E-state index is 0.183. The van der Waals surface area contributed by atoms with Crippen LogP contribution in [-0.2, 0) is 4.79 Å². The van der Waals surface area contributed by atoms with Crippen LogP contribution < -0.4 is 14.4 Å². The van der Waals surface area contributed by atoms with Crippen LogP contribution in [0.3, 0.4) is 0 Å². The van der Waals surface area contributed by atoms with E-state index in [4.69, 9.17) is 21.7 Å². The summed E-state index contributed by atoms with van der Waals surface area (Å²) in [5.74, 6) is -1.34. The number of carbonyl (C=O) groups excluding carboxylic acids is 1. The lowest BCUT2D eigenvalue weighted by Crippen LogP contribution is -2.27. The molecular formula is C18H13F2NO3S2. The Bertz CT molecular complexity index is 931. The number of hydrogen-bond acceptors (Lipinski definition) is 5. The molecule has 0 bridgehead atoms. The Morgan fingerprint density at radius 1 is 1.04 bits per heavy atom. The Morgan fingerprint density at radius 2 is 1.77 bits per heavy atom. The zero-order valence-electron chi connectivity index (χ0n) is 13.8. The van der Waals surface area contributed by atoms with Crippen LogP contribution >= 0.6 is 24.0 Å². The molecule has 1 aliphatic heterocycles. The number of thioether (sulfide) groups is 1. The first-order valence-electron chi connectivity index (χ1n) is 7.39. The van der Waals surface area contributed by atoms with Crippen LogP contribution in [0.5, 0.6) is 11.5 Å². The van der Waals surface area contributed by atoms with Crippen molar-refractivity contribution in [2.75, 3.05) is 19.1 Å². The van der Waals surface area contributed by atoms with Gasteiger partial charge in [-0.15, -0.1) is 0 Å². The van der Waals surface area contributed by atoms with E-state index in [-0.39, 0.29) is 10.0 Å². The van der Waals surface area contributed by atoms with E-state index in [0.717, 1.165) is 23.9 Å². The summed E-state index contributed by atoms with van der Waals surface area (Å²) in [5, 5.41) is 0. The van der Waals surface area contributed by atoms with Gasteiger partial charge < -0.3 is 9.47 Å². The fourth-order valence-electron chi connectivity index (χ4n) is 2.41. The molecule has 0 radical (unpaired) electrons. The minimum atomic E-state index is -1.04. The highest BCUT2D eigenvalue weighted by atomic mass is 32.2. The van der Waals surface area contributed by atoms with Crippen LogP contribution in [0.4, 0.5) is 14.5 Å². The number of halogens is 2. The third-order valence-corrected chi connectivity index (χ3v) is 4.96. The van der Waals surface area contributed by atoms with Crippen molar-refractivity contribution < 1.29 is 23.0 Å². The Kier molecular flexibility index (Phi) is 5.24. The number of methoxy groups -OCH3 is 2. The largest absolute Gasteiger partial charge is 0.493 e. The van der Waals surface area contributed by atoms with Crippen molar-refractivity contribution >= 4 is 46.0 Å². The van der Waals surface area contributed by atoms with Gasteiger partial charge in [0.15, 0.2) is 27.5 Å². The molecule has 1 amide bonds. The number of rotatable bonds is 4. The van der Waals surface area contributed by atoms with Crippen LogP contribution in [0, 0.1) is 11.6 Å². The Hall–Kier alpha value is -2.45. The molecule has 1 heterocycles. The van der Waals surface area contributed by atoms with E-state index in [1.165, 1.54) is 25.2 Å². The molecule has 2 aromatic rings. The molecular weight excluding hydrogens is 380 g/mol. The third-order valence-electron chi connectivity index (χ3n) is 3.66. The number of amides is 1. The van der Waals surface area contributed by atoms with Gasteiger partial charge in [-0.3, -0.25) is 9.69 Å². The molecule has 2 aromatic carbocycles. The van der Waals surface area contributed by atoms with Gasteiger partial charge in [0, 0.05) is 6.07 Å². The molecule has 8 heteroatoms. The van der Waals surface area contributed by atoms with E-state index >= 15 is 0 Å². The SMILES string of the molecule is COc1ccc(/C=C2/SC(=S)N(c3ccc(F)c(F)c3)C2=O)cc1OC. The summed E-state index contributed by atoms with van der Waals surface area (Å²) in [6, 6.07) is 8.43. The lowest BCUT2D eigenvalue weighted by molar-refractivity contribution is -0.113. The van der Waals surface area contributed by atoms with Crippen LogP contribution in [0.15, 0.2) is 41.3 Å². The van der Waals surface area contributed by atoms with Gasteiger partial charge in [0.25, 0.3) is 5.91 Å². The molecule has 134 valence electrons. The monoisotopic (exact) mass is 393 g/mol. The standard InChI is InChI=1S/C18H13F2NO3S2/c1-23-14-6-3-10(7-15(14)24-2)8-16-17(22)21(18(25)26-16)11-4-5-12(19)13(20)9-11/h3-9H,1-2H3/b16-8+. The fraction of sp³-hybridized carbons (Fsp3) is 0.111. The minimum Gasteiger partial charge on any atom is -0.493 e. The van der Waals surface area contributed by atoms with Crippen molar-refractivity contribution in [3.63, 3.8) is 0 Å². The average Bonchev–Trinajstić information content (AvgIpc) is 2.91. The quantitative estimate of drug-likeness (QED) is 0.569. The average molecular weight is 393 g/mol. The zero-order chi connectivity index (χ0) is 18.8. The van der Waals surface area contributed by atoms with E-state index < -0.39 is 17.5 Å². The maximum absolute atomic E-state index is 13.5. The molecule has 1 aliphatic rings. The van der Waals surface area contributed by atoms with Crippen LogP contribution in [0.25, 0.3) is 6.08 Å². The maximum Gasteiger partial charge on any atom is 0.270 e. The Morgan fingerprint density at radius 3 is 2.42 bits per heavy atom. The van der Waals surface area contributed by atoms with Crippen molar-refractivity contribution in [2.45, 2.75) is 0 Å². The summed E-state index contributed by atoms with van der Waals surface area (Å²) in [6.45, 7) is 0. The molecule has 0 saturated carbocycles. The predicted octanol–water partition coefficient (Wildman–Crippen LogP) is 4.39. The van der Waals surface area contributed by atoms with Crippen LogP contribution in [-0.4, -0.2) is 24.4 Å². The van der Waals surface area contributed by atoms with E-state index in [9.17, 15) is 13.6 Å². The Balaban J connectivity index is 1.93.